The highest BCUT2D eigenvalue weighted by molar-refractivity contribution is 7.99. The molecule has 0 saturated carbocycles. The van der Waals surface area contributed by atoms with E-state index in [1.54, 1.807) is 0 Å². The largest absolute Gasteiger partial charge is 0.459 e. The summed E-state index contributed by atoms with van der Waals surface area (Å²) < 4.78 is 107. The average Bonchev–Trinajstić information content (AvgIpc) is 3.11. The van der Waals surface area contributed by atoms with Crippen molar-refractivity contribution in [3.8, 4) is 0 Å². The third-order valence-electron chi connectivity index (χ3n) is 8.97. The molecular weight excluding hydrogens is 710 g/mol. The van der Waals surface area contributed by atoms with Gasteiger partial charge in [0.05, 0.1) is 0 Å². The van der Waals surface area contributed by atoms with Crippen LogP contribution in [0.4, 0.5) is 26.3 Å². The van der Waals surface area contributed by atoms with Gasteiger partial charge in [-0.15, -0.1) is 0 Å². The van der Waals surface area contributed by atoms with Gasteiger partial charge in [-0.1, -0.05) is 151 Å². The van der Waals surface area contributed by atoms with Gasteiger partial charge in [0, 0.05) is 31.1 Å². The highest BCUT2D eigenvalue weighted by Gasteiger charge is 2.65. The SMILES string of the molecule is CCCCCCCCCCCCCCCCSC[C@H](COC(=O)[C@](OC)(c1ccccc1)C(F)(F)F)OC(=O)[C@](OC)(c1ccccc1)C(F)(F)F. The molecule has 52 heavy (non-hydrogen) atoms. The van der Waals surface area contributed by atoms with E-state index in [4.69, 9.17) is 18.9 Å². The highest BCUT2D eigenvalue weighted by atomic mass is 32.2. The van der Waals surface area contributed by atoms with Crippen LogP contribution < -0.4 is 0 Å². The van der Waals surface area contributed by atoms with Crippen LogP contribution in [-0.4, -0.2) is 62.7 Å². The predicted molar refractivity (Wildman–Crippen MR) is 191 cm³/mol. The highest BCUT2D eigenvalue weighted by Crippen LogP contribution is 2.44. The Labute approximate surface area is 308 Å². The molecule has 0 aliphatic rings. The van der Waals surface area contributed by atoms with E-state index in [1.807, 2.05) is 0 Å². The lowest BCUT2D eigenvalue weighted by molar-refractivity contribution is -0.282. The predicted octanol–water partition coefficient (Wildman–Crippen LogP) is 10.9. The maximum atomic E-state index is 14.5. The molecule has 0 heterocycles. The minimum atomic E-state index is -5.28. The molecule has 3 atom stereocenters. The zero-order valence-corrected chi connectivity index (χ0v) is 31.3. The summed E-state index contributed by atoms with van der Waals surface area (Å²) in [5.74, 6) is -3.31. The maximum absolute atomic E-state index is 14.5. The second-order valence-corrected chi connectivity index (χ2v) is 13.9. The summed E-state index contributed by atoms with van der Waals surface area (Å²) in [5.41, 5.74) is -8.19. The summed E-state index contributed by atoms with van der Waals surface area (Å²) in [6.07, 6.45) is 4.32. The van der Waals surface area contributed by atoms with Crippen molar-refractivity contribution in [2.24, 2.45) is 0 Å². The fourth-order valence-electron chi connectivity index (χ4n) is 6.01. The first-order chi connectivity index (χ1) is 24.8. The molecule has 0 spiro atoms. The number of carbonyl (C=O) groups is 2. The number of ether oxygens (including phenoxy) is 4. The van der Waals surface area contributed by atoms with Crippen molar-refractivity contribution >= 4 is 23.7 Å². The average molecular weight is 765 g/mol. The zero-order valence-electron chi connectivity index (χ0n) is 30.5. The van der Waals surface area contributed by atoms with E-state index in [9.17, 15) is 35.9 Å². The Morgan fingerprint density at radius 2 is 0.981 bits per heavy atom. The van der Waals surface area contributed by atoms with E-state index in [0.29, 0.717) is 20.0 Å². The Kier molecular flexibility index (Phi) is 20.2. The smallest absolute Gasteiger partial charge is 0.432 e. The summed E-state index contributed by atoms with van der Waals surface area (Å²) in [6, 6.07) is 12.2. The molecule has 13 heteroatoms. The lowest BCUT2D eigenvalue weighted by atomic mass is 9.92. The molecular formula is C39H54F6O6S. The van der Waals surface area contributed by atoms with Crippen molar-refractivity contribution in [1.29, 1.82) is 0 Å². The number of methoxy groups -OCH3 is 2. The van der Waals surface area contributed by atoms with Crippen molar-refractivity contribution in [2.45, 2.75) is 126 Å². The topological polar surface area (TPSA) is 71.1 Å². The van der Waals surface area contributed by atoms with Crippen LogP contribution >= 0.6 is 11.8 Å². The molecule has 6 nitrogen and oxygen atoms in total. The third kappa shape index (κ3) is 13.0. The molecule has 0 bridgehead atoms. The number of alkyl halides is 6. The van der Waals surface area contributed by atoms with E-state index in [-0.39, 0.29) is 5.75 Å². The molecule has 2 aromatic carbocycles. The van der Waals surface area contributed by atoms with Gasteiger partial charge in [-0.25, -0.2) is 9.59 Å². The van der Waals surface area contributed by atoms with E-state index in [2.05, 4.69) is 6.92 Å². The number of carbonyl (C=O) groups excluding carboxylic acids is 2. The molecule has 0 aliphatic heterocycles. The van der Waals surface area contributed by atoms with Gasteiger partial charge in [-0.3, -0.25) is 0 Å². The fraction of sp³-hybridized carbons (Fsp3) is 0.641. The molecule has 0 fully saturated rings. The molecule has 0 N–H and O–H groups in total. The number of thioether (sulfide) groups is 1. The molecule has 0 amide bonds. The van der Waals surface area contributed by atoms with Crippen LogP contribution in [0.2, 0.25) is 0 Å². The first kappa shape index (κ1) is 45.4. The van der Waals surface area contributed by atoms with Crippen molar-refractivity contribution in [1.82, 2.24) is 0 Å². The van der Waals surface area contributed by atoms with Crippen molar-refractivity contribution in [2.75, 3.05) is 32.3 Å². The Morgan fingerprint density at radius 1 is 0.596 bits per heavy atom. The van der Waals surface area contributed by atoms with Crippen LogP contribution in [-0.2, 0) is 39.7 Å². The summed E-state index contributed by atoms with van der Waals surface area (Å²) >= 11 is 1.23. The molecule has 0 unspecified atom stereocenters. The first-order valence-electron chi connectivity index (χ1n) is 18.1. The van der Waals surface area contributed by atoms with Gasteiger partial charge in [0.15, 0.2) is 0 Å². The Balaban J connectivity index is 2.05. The van der Waals surface area contributed by atoms with Crippen LogP contribution in [0.5, 0.6) is 0 Å². The summed E-state index contributed by atoms with van der Waals surface area (Å²) in [4.78, 5) is 26.6. The van der Waals surface area contributed by atoms with Gasteiger partial charge in [0.2, 0.25) is 0 Å². The molecule has 0 aliphatic carbocycles. The maximum Gasteiger partial charge on any atom is 0.432 e. The number of esters is 2. The lowest BCUT2D eigenvalue weighted by Crippen LogP contribution is -2.54. The third-order valence-corrected chi connectivity index (χ3v) is 10.2. The zero-order chi connectivity index (χ0) is 38.5. The minimum absolute atomic E-state index is 0.152. The van der Waals surface area contributed by atoms with E-state index in [1.165, 1.54) is 106 Å². The van der Waals surface area contributed by atoms with Gasteiger partial charge < -0.3 is 18.9 Å². The van der Waals surface area contributed by atoms with E-state index >= 15 is 0 Å². The minimum Gasteiger partial charge on any atom is -0.459 e. The van der Waals surface area contributed by atoms with E-state index < -0.39 is 59.3 Å². The monoisotopic (exact) mass is 764 g/mol. The Bertz CT molecular complexity index is 1280. The Hall–Kier alpha value is -2.77. The summed E-state index contributed by atoms with van der Waals surface area (Å²) in [6.45, 7) is 1.25. The molecule has 2 aromatic rings. The summed E-state index contributed by atoms with van der Waals surface area (Å²) in [7, 11) is 1.40. The van der Waals surface area contributed by atoms with Crippen LogP contribution in [0, 0.1) is 0 Å². The van der Waals surface area contributed by atoms with Gasteiger partial charge in [0.25, 0.3) is 11.2 Å². The van der Waals surface area contributed by atoms with E-state index in [0.717, 1.165) is 56.4 Å². The second kappa shape index (κ2) is 23.1. The number of unbranched alkanes of at least 4 members (excludes halogenated alkanes) is 13. The summed E-state index contributed by atoms with van der Waals surface area (Å²) in [5, 5.41) is 0. The second-order valence-electron chi connectivity index (χ2n) is 12.8. The number of rotatable bonds is 26. The van der Waals surface area contributed by atoms with Crippen LogP contribution in [0.1, 0.15) is 108 Å². The quantitative estimate of drug-likeness (QED) is 0.0537. The molecule has 0 aromatic heterocycles. The van der Waals surface area contributed by atoms with Crippen LogP contribution in [0.25, 0.3) is 0 Å². The van der Waals surface area contributed by atoms with Gasteiger partial charge in [-0.2, -0.15) is 38.1 Å². The van der Waals surface area contributed by atoms with Crippen molar-refractivity contribution < 1.29 is 54.9 Å². The standard InChI is InChI=1S/C39H54F6O6S/c1-4-5-6-7-8-9-10-11-12-13-14-15-16-23-28-52-30-33(51-35(47)37(49-3,39(43,44)45)32-26-21-18-22-27-32)29-50-34(46)36(48-2,38(40,41)42)31-24-19-17-20-25-31/h17-22,24-27,33H,4-16,23,28-30H2,1-3H3/t33-,36+,37+/m0/s1. The molecule has 0 saturated heterocycles. The van der Waals surface area contributed by atoms with Crippen LogP contribution in [0.3, 0.4) is 0 Å². The lowest BCUT2D eigenvalue weighted by Gasteiger charge is -2.34. The van der Waals surface area contributed by atoms with Gasteiger partial charge >= 0.3 is 24.3 Å². The van der Waals surface area contributed by atoms with Crippen LogP contribution in [0.15, 0.2) is 60.7 Å². The molecule has 294 valence electrons. The number of benzene rings is 2. The Morgan fingerprint density at radius 3 is 1.37 bits per heavy atom. The van der Waals surface area contributed by atoms with Crippen molar-refractivity contribution in [3.63, 3.8) is 0 Å². The number of hydrogen-bond acceptors (Lipinski definition) is 7. The van der Waals surface area contributed by atoms with Gasteiger partial charge in [0.1, 0.15) is 12.7 Å². The molecule has 0 radical (unpaired) electrons. The fourth-order valence-corrected chi connectivity index (χ4v) is 7.01. The van der Waals surface area contributed by atoms with Crippen molar-refractivity contribution in [3.05, 3.63) is 71.8 Å². The first-order valence-corrected chi connectivity index (χ1v) is 19.3. The molecule has 2 rings (SSSR count). The van der Waals surface area contributed by atoms with Gasteiger partial charge in [-0.05, 0) is 12.2 Å². The normalized spacial score (nSPS) is 15.0. The number of halogens is 6. The number of hydrogen-bond donors (Lipinski definition) is 0.